The largest absolute Gasteiger partial charge is 0.332 e. The Labute approximate surface area is 204 Å². The lowest BCUT2D eigenvalue weighted by atomic mass is 10.2. The minimum absolute atomic E-state index is 0.000982. The normalized spacial score (nSPS) is 11.0. The number of non-ortho nitro benzene ring substituents is 1. The van der Waals surface area contributed by atoms with Gasteiger partial charge in [-0.15, -0.1) is 0 Å². The van der Waals surface area contributed by atoms with E-state index in [2.05, 4.69) is 15.3 Å². The molecule has 0 atom stereocenters. The van der Waals surface area contributed by atoms with E-state index in [0.717, 1.165) is 33.0 Å². The molecule has 0 saturated carbocycles. The molecule has 2 aromatic carbocycles. The van der Waals surface area contributed by atoms with Gasteiger partial charge in [0, 0.05) is 37.9 Å². The Morgan fingerprint density at radius 1 is 1.08 bits per heavy atom. The average molecular weight is 514 g/mol. The van der Waals surface area contributed by atoms with E-state index in [1.54, 1.807) is 0 Å². The lowest BCUT2D eigenvalue weighted by molar-refractivity contribution is -0.384. The van der Waals surface area contributed by atoms with Crippen molar-refractivity contribution in [3.63, 3.8) is 0 Å². The number of nitrogens with zero attached hydrogens (tertiary/aromatic N) is 5. The molecule has 0 bridgehead atoms. The monoisotopic (exact) mass is 514 g/mol. The van der Waals surface area contributed by atoms with Gasteiger partial charge in [-0.1, -0.05) is 11.8 Å². The Balaban J connectivity index is 1.75. The molecule has 0 saturated heterocycles. The van der Waals surface area contributed by atoms with E-state index < -0.39 is 33.7 Å². The van der Waals surface area contributed by atoms with Crippen LogP contribution < -0.4 is 16.6 Å². The van der Waals surface area contributed by atoms with Gasteiger partial charge in [-0.3, -0.25) is 28.8 Å². The van der Waals surface area contributed by atoms with Gasteiger partial charge in [-0.05, 0) is 24.3 Å². The summed E-state index contributed by atoms with van der Waals surface area (Å²) < 4.78 is 29.0. The van der Waals surface area contributed by atoms with Crippen LogP contribution in [0, 0.1) is 21.7 Å². The van der Waals surface area contributed by atoms with Gasteiger partial charge in [0.1, 0.15) is 22.0 Å². The Morgan fingerprint density at radius 3 is 2.42 bits per heavy atom. The first-order chi connectivity index (χ1) is 17.1. The highest BCUT2D eigenvalue weighted by Gasteiger charge is 2.20. The molecule has 14 heteroatoms. The second-order valence-electron chi connectivity index (χ2n) is 7.52. The number of amides is 1. The first-order valence-electron chi connectivity index (χ1n) is 10.2. The summed E-state index contributed by atoms with van der Waals surface area (Å²) in [6, 6.07) is 8.03. The first-order valence-corrected chi connectivity index (χ1v) is 11.2. The zero-order valence-corrected chi connectivity index (χ0v) is 19.5. The van der Waals surface area contributed by atoms with Crippen molar-refractivity contribution in [2.45, 2.75) is 5.03 Å². The van der Waals surface area contributed by atoms with Crippen LogP contribution in [-0.4, -0.2) is 35.7 Å². The second-order valence-corrected chi connectivity index (χ2v) is 8.49. The molecule has 4 aromatic rings. The summed E-state index contributed by atoms with van der Waals surface area (Å²) in [5, 5.41) is 13.3. The van der Waals surface area contributed by atoms with E-state index in [1.807, 2.05) is 0 Å². The molecule has 0 aliphatic carbocycles. The van der Waals surface area contributed by atoms with Crippen LogP contribution in [0.1, 0.15) is 0 Å². The number of aryl methyl sites for hydroxylation is 1. The van der Waals surface area contributed by atoms with Crippen molar-refractivity contribution in [2.24, 2.45) is 14.1 Å². The number of halogens is 2. The predicted molar refractivity (Wildman–Crippen MR) is 128 cm³/mol. The Bertz CT molecular complexity index is 1650. The van der Waals surface area contributed by atoms with Crippen molar-refractivity contribution in [2.75, 3.05) is 11.1 Å². The number of thioether (sulfide) groups is 1. The van der Waals surface area contributed by atoms with Gasteiger partial charge in [0.2, 0.25) is 5.91 Å². The number of rotatable bonds is 6. The number of anilines is 1. The summed E-state index contributed by atoms with van der Waals surface area (Å²) in [7, 11) is 2.70. The highest BCUT2D eigenvalue weighted by atomic mass is 32.2. The van der Waals surface area contributed by atoms with Crippen molar-refractivity contribution < 1.29 is 18.5 Å². The molecule has 0 aliphatic heterocycles. The lowest BCUT2D eigenvalue weighted by Gasteiger charge is -2.12. The fourth-order valence-electron chi connectivity index (χ4n) is 3.31. The maximum absolute atomic E-state index is 13.9. The number of nitro groups is 1. The summed E-state index contributed by atoms with van der Waals surface area (Å²) in [6.45, 7) is 0. The van der Waals surface area contributed by atoms with Crippen molar-refractivity contribution in [1.29, 1.82) is 0 Å². The number of fused-ring (bicyclic) bond motifs is 1. The van der Waals surface area contributed by atoms with Gasteiger partial charge in [-0.25, -0.2) is 23.5 Å². The Hall–Kier alpha value is -4.46. The molecule has 2 aromatic heterocycles. The molecule has 1 amide bonds. The fraction of sp³-hybridized carbons (Fsp3) is 0.136. The standard InChI is InChI=1S/C22H16F2N6O5S/c1-28-19-17(21(32)29(2)22(28)33)20(27-18(26-19)11-3-6-13(7-4-11)30(34)35)36-10-16(31)25-15-8-5-12(23)9-14(15)24/h3-9H,10H2,1-2H3,(H,25,31). The third-order valence-corrected chi connectivity index (χ3v) is 6.12. The molecule has 2 heterocycles. The molecule has 0 unspecified atom stereocenters. The molecule has 11 nitrogen and oxygen atoms in total. The third-order valence-electron chi connectivity index (χ3n) is 5.15. The number of carbonyl (C=O) groups is 1. The zero-order chi connectivity index (χ0) is 26.1. The minimum Gasteiger partial charge on any atom is -0.323 e. The van der Waals surface area contributed by atoms with Gasteiger partial charge in [0.15, 0.2) is 11.5 Å². The maximum atomic E-state index is 13.9. The van der Waals surface area contributed by atoms with Crippen LogP contribution >= 0.6 is 11.8 Å². The molecule has 0 fully saturated rings. The van der Waals surface area contributed by atoms with Crippen LogP contribution in [0.15, 0.2) is 57.1 Å². The third kappa shape index (κ3) is 4.70. The van der Waals surface area contributed by atoms with Crippen LogP contribution in [0.2, 0.25) is 0 Å². The molecule has 0 radical (unpaired) electrons. The molecule has 0 aliphatic rings. The average Bonchev–Trinajstić information content (AvgIpc) is 2.86. The van der Waals surface area contributed by atoms with E-state index >= 15 is 0 Å². The van der Waals surface area contributed by atoms with Crippen molar-refractivity contribution in [1.82, 2.24) is 19.1 Å². The van der Waals surface area contributed by atoms with Gasteiger partial charge in [0.05, 0.1) is 16.4 Å². The van der Waals surface area contributed by atoms with Crippen LogP contribution in [0.4, 0.5) is 20.2 Å². The maximum Gasteiger partial charge on any atom is 0.332 e. The quantitative estimate of drug-likeness (QED) is 0.179. The number of hydrogen-bond donors (Lipinski definition) is 1. The fourth-order valence-corrected chi connectivity index (χ4v) is 4.12. The number of hydrogen-bond acceptors (Lipinski definition) is 8. The van der Waals surface area contributed by atoms with Gasteiger partial charge >= 0.3 is 5.69 Å². The molecule has 1 N–H and O–H groups in total. The Kier molecular flexibility index (Phi) is 6.61. The summed E-state index contributed by atoms with van der Waals surface area (Å²) in [4.78, 5) is 56.9. The van der Waals surface area contributed by atoms with Crippen LogP contribution in [0.3, 0.4) is 0 Å². The highest BCUT2D eigenvalue weighted by Crippen LogP contribution is 2.27. The summed E-state index contributed by atoms with van der Waals surface area (Å²) in [6.07, 6.45) is 0. The van der Waals surface area contributed by atoms with Crippen LogP contribution in [0.5, 0.6) is 0 Å². The number of carbonyl (C=O) groups excluding carboxylic acids is 1. The van der Waals surface area contributed by atoms with Crippen LogP contribution in [0.25, 0.3) is 22.4 Å². The summed E-state index contributed by atoms with van der Waals surface area (Å²) in [5.74, 6) is -2.66. The van der Waals surface area contributed by atoms with Crippen molar-refractivity contribution >= 4 is 40.1 Å². The van der Waals surface area contributed by atoms with Gasteiger partial charge < -0.3 is 5.32 Å². The number of nitro benzene ring substituents is 1. The smallest absolute Gasteiger partial charge is 0.323 e. The molecule has 184 valence electrons. The zero-order valence-electron chi connectivity index (χ0n) is 18.7. The molecule has 4 rings (SSSR count). The highest BCUT2D eigenvalue weighted by molar-refractivity contribution is 8.00. The van der Waals surface area contributed by atoms with E-state index in [9.17, 15) is 33.3 Å². The topological polar surface area (TPSA) is 142 Å². The SMILES string of the molecule is Cn1c(=O)c2c(SCC(=O)Nc3ccc(F)cc3F)nc(-c3ccc([N+](=O)[O-])cc3)nc2n(C)c1=O. The predicted octanol–water partition coefficient (Wildman–Crippen LogP) is 2.61. The summed E-state index contributed by atoms with van der Waals surface area (Å²) in [5.41, 5.74) is -1.33. The van der Waals surface area contributed by atoms with Crippen LogP contribution in [-0.2, 0) is 18.9 Å². The van der Waals surface area contributed by atoms with E-state index in [0.29, 0.717) is 11.6 Å². The van der Waals surface area contributed by atoms with Gasteiger partial charge in [0.25, 0.3) is 11.2 Å². The van der Waals surface area contributed by atoms with E-state index in [4.69, 9.17) is 0 Å². The molecular formula is C22H16F2N6O5S. The number of aromatic nitrogens is 4. The van der Waals surface area contributed by atoms with Crippen molar-refractivity contribution in [3.05, 3.63) is 85.1 Å². The lowest BCUT2D eigenvalue weighted by Crippen LogP contribution is -2.37. The summed E-state index contributed by atoms with van der Waals surface area (Å²) >= 11 is 0.844. The minimum atomic E-state index is -0.954. The number of nitrogens with one attached hydrogen (secondary N) is 1. The van der Waals surface area contributed by atoms with Gasteiger partial charge in [-0.2, -0.15) is 0 Å². The Morgan fingerprint density at radius 2 is 1.78 bits per heavy atom. The van der Waals surface area contributed by atoms with E-state index in [1.165, 1.54) is 38.4 Å². The second kappa shape index (κ2) is 9.65. The van der Waals surface area contributed by atoms with Crippen molar-refractivity contribution in [3.8, 4) is 11.4 Å². The molecule has 0 spiro atoms. The molecular weight excluding hydrogens is 498 g/mol. The number of benzene rings is 2. The first kappa shape index (κ1) is 24.7. The molecule has 36 heavy (non-hydrogen) atoms. The van der Waals surface area contributed by atoms with E-state index in [-0.39, 0.29) is 39.0 Å².